The first-order valence-electron chi connectivity index (χ1n) is 14.8. The van der Waals surface area contributed by atoms with Crippen molar-refractivity contribution in [2.45, 2.75) is 45.1 Å². The summed E-state index contributed by atoms with van der Waals surface area (Å²) in [7, 11) is 0. The molecule has 43 heavy (non-hydrogen) atoms. The van der Waals surface area contributed by atoms with Gasteiger partial charge in [0, 0.05) is 41.9 Å². The number of aryl methyl sites for hydroxylation is 1. The molecule has 1 aliphatic heterocycles. The Morgan fingerprint density at radius 3 is 2.51 bits per heavy atom. The van der Waals surface area contributed by atoms with Crippen LogP contribution < -0.4 is 15.4 Å². The summed E-state index contributed by atoms with van der Waals surface area (Å²) in [6.45, 7) is 4.32. The summed E-state index contributed by atoms with van der Waals surface area (Å²) in [6.07, 6.45) is 3.98. The summed E-state index contributed by atoms with van der Waals surface area (Å²) < 4.78 is 18.9. The summed E-state index contributed by atoms with van der Waals surface area (Å²) in [5.41, 5.74) is 12.2. The Balaban J connectivity index is 1.53. The lowest BCUT2D eigenvalue weighted by Gasteiger charge is -2.22. The second kappa shape index (κ2) is 13.9. The van der Waals surface area contributed by atoms with E-state index in [-0.39, 0.29) is 12.8 Å². The van der Waals surface area contributed by atoms with Crippen molar-refractivity contribution in [1.29, 1.82) is 0 Å². The third-order valence-corrected chi connectivity index (χ3v) is 8.70. The number of benzene rings is 3. The van der Waals surface area contributed by atoms with Gasteiger partial charge in [-0.05, 0) is 109 Å². The number of hydrogen-bond acceptors (Lipinski definition) is 4. The number of primary amides is 1. The molecule has 0 saturated carbocycles. The van der Waals surface area contributed by atoms with Gasteiger partial charge < -0.3 is 15.4 Å². The summed E-state index contributed by atoms with van der Waals surface area (Å²) in [4.78, 5) is 27.8. The first kappa shape index (κ1) is 31.0. The van der Waals surface area contributed by atoms with Crippen molar-refractivity contribution in [3.05, 3.63) is 93.0 Å². The van der Waals surface area contributed by atoms with E-state index in [9.17, 15) is 14.0 Å². The van der Waals surface area contributed by atoms with E-state index in [2.05, 4.69) is 17.0 Å². The largest absolute Gasteiger partial charge is 0.489 e. The molecule has 1 saturated heterocycles. The van der Waals surface area contributed by atoms with Gasteiger partial charge >= 0.3 is 11.8 Å². The molecular formula is C34H36Cl2FN3O3. The summed E-state index contributed by atoms with van der Waals surface area (Å²) in [5.74, 6) is -0.922. The van der Waals surface area contributed by atoms with E-state index < -0.39 is 11.8 Å². The highest BCUT2D eigenvalue weighted by Gasteiger charge is 2.26. The topological polar surface area (TPSA) is 75.9 Å². The maximum Gasteiger partial charge on any atom is 0.316 e. The van der Waals surface area contributed by atoms with Crippen LogP contribution in [0.15, 0.2) is 60.7 Å². The summed E-state index contributed by atoms with van der Waals surface area (Å²) in [5, 5.41) is 1.16. The molecule has 1 aliphatic carbocycles. The maximum absolute atomic E-state index is 12.6. The van der Waals surface area contributed by atoms with E-state index in [0.717, 1.165) is 84.5 Å². The molecule has 226 valence electrons. The quantitative estimate of drug-likeness (QED) is 0.262. The number of amides is 2. The minimum absolute atomic E-state index is 0.0785. The molecule has 9 heteroatoms. The number of ether oxygens (including phenoxy) is 1. The highest BCUT2D eigenvalue weighted by atomic mass is 35.5. The van der Waals surface area contributed by atoms with E-state index in [4.69, 9.17) is 33.7 Å². The first-order chi connectivity index (χ1) is 20.8. The molecule has 0 bridgehead atoms. The van der Waals surface area contributed by atoms with Crippen molar-refractivity contribution in [2.24, 2.45) is 5.73 Å². The molecule has 1 atom stereocenters. The Labute approximate surface area is 262 Å². The van der Waals surface area contributed by atoms with Crippen molar-refractivity contribution in [2.75, 3.05) is 37.8 Å². The third-order valence-electron chi connectivity index (χ3n) is 8.16. The lowest BCUT2D eigenvalue weighted by Crippen LogP contribution is -2.40. The minimum atomic E-state index is -0.982. The van der Waals surface area contributed by atoms with Crippen LogP contribution in [-0.4, -0.2) is 55.7 Å². The maximum atomic E-state index is 12.6. The van der Waals surface area contributed by atoms with Gasteiger partial charge in [0.25, 0.3) is 0 Å². The van der Waals surface area contributed by atoms with Gasteiger partial charge in [-0.2, -0.15) is 0 Å². The van der Waals surface area contributed by atoms with Crippen LogP contribution >= 0.6 is 23.2 Å². The molecule has 2 amide bonds. The normalized spacial score (nSPS) is 17.0. The zero-order valence-electron chi connectivity index (χ0n) is 24.3. The van der Waals surface area contributed by atoms with Crippen LogP contribution in [0.3, 0.4) is 0 Å². The van der Waals surface area contributed by atoms with Crippen LogP contribution in [0.1, 0.15) is 54.9 Å². The molecule has 1 fully saturated rings. The number of allylic oxidation sites excluding steroid dienone is 1. The third kappa shape index (κ3) is 7.06. The number of carbonyl (C=O) groups excluding carboxylic acids is 2. The lowest BCUT2D eigenvalue weighted by molar-refractivity contribution is -0.135. The number of halogens is 3. The van der Waals surface area contributed by atoms with Crippen LogP contribution in [0.25, 0.3) is 11.1 Å². The van der Waals surface area contributed by atoms with Crippen molar-refractivity contribution < 1.29 is 18.7 Å². The number of likely N-dealkylation sites (tertiary alicyclic amines) is 1. The van der Waals surface area contributed by atoms with E-state index >= 15 is 0 Å². The standard InChI is InChI=1S/C34H36Cl2FN3O3/c1-2-40(34(42)33(38)41)25-10-14-28-23(19-25)5-3-6-30(29-13-9-24(35)20-31(29)36)32(28)22-7-11-26(12-8-22)43-27-15-18-39(21-27)17-4-16-37/h7-14,19-20,27H,2-6,15-18,21H2,1H3,(H2,38,41)/t27-/m0/s1. The zero-order chi connectivity index (χ0) is 30.5. The number of carbonyl (C=O) groups is 2. The van der Waals surface area contributed by atoms with Crippen LogP contribution in [0, 0.1) is 0 Å². The Bertz CT molecular complexity index is 1530. The SMILES string of the molecule is CCN(C(=O)C(N)=O)c1ccc2c(c1)CCCC(c1ccc(Cl)cc1Cl)=C2c1ccc(O[C@H]2CCN(CCCF)C2)cc1. The second-order valence-corrected chi connectivity index (χ2v) is 11.8. The van der Waals surface area contributed by atoms with Gasteiger partial charge in [-0.25, -0.2) is 0 Å². The Morgan fingerprint density at radius 2 is 1.81 bits per heavy atom. The number of likely N-dealkylation sites (N-methyl/N-ethyl adjacent to an activating group) is 1. The molecule has 6 nitrogen and oxygen atoms in total. The number of alkyl halides is 1. The number of nitrogens with zero attached hydrogens (tertiary/aromatic N) is 2. The van der Waals surface area contributed by atoms with Gasteiger partial charge in [0.2, 0.25) is 0 Å². The Morgan fingerprint density at radius 1 is 1.05 bits per heavy atom. The first-order valence-corrected chi connectivity index (χ1v) is 15.5. The molecule has 3 aromatic carbocycles. The second-order valence-electron chi connectivity index (χ2n) is 11.0. The van der Waals surface area contributed by atoms with Crippen molar-refractivity contribution in [1.82, 2.24) is 4.90 Å². The molecule has 0 aromatic heterocycles. The molecular weight excluding hydrogens is 588 g/mol. The summed E-state index contributed by atoms with van der Waals surface area (Å²) >= 11 is 13.0. The van der Waals surface area contributed by atoms with Gasteiger partial charge in [-0.1, -0.05) is 47.5 Å². The molecule has 0 spiro atoms. The van der Waals surface area contributed by atoms with Crippen molar-refractivity contribution in [3.63, 3.8) is 0 Å². The molecule has 3 aromatic rings. The number of fused-ring (bicyclic) bond motifs is 1. The number of rotatable bonds is 9. The monoisotopic (exact) mass is 623 g/mol. The van der Waals surface area contributed by atoms with Crippen molar-refractivity contribution in [3.8, 4) is 5.75 Å². The molecule has 0 unspecified atom stereocenters. The fourth-order valence-electron chi connectivity index (χ4n) is 6.12. The number of nitrogens with two attached hydrogens (primary N) is 1. The molecule has 2 aliphatic rings. The van der Waals surface area contributed by atoms with Crippen molar-refractivity contribution >= 4 is 51.8 Å². The molecule has 1 heterocycles. The predicted octanol–water partition coefficient (Wildman–Crippen LogP) is 6.94. The average Bonchev–Trinajstić information content (AvgIpc) is 3.35. The molecule has 5 rings (SSSR count). The fourth-order valence-corrected chi connectivity index (χ4v) is 6.65. The van der Waals surface area contributed by atoms with E-state index in [1.165, 1.54) is 4.90 Å². The smallest absolute Gasteiger partial charge is 0.316 e. The van der Waals surface area contributed by atoms with Gasteiger partial charge in [0.1, 0.15) is 11.9 Å². The number of hydrogen-bond donors (Lipinski definition) is 1. The predicted molar refractivity (Wildman–Crippen MR) is 171 cm³/mol. The zero-order valence-corrected chi connectivity index (χ0v) is 25.8. The van der Waals surface area contributed by atoms with E-state index in [0.29, 0.717) is 28.7 Å². The van der Waals surface area contributed by atoms with Crippen LogP contribution in [0.4, 0.5) is 10.1 Å². The van der Waals surface area contributed by atoms with Crippen LogP contribution in [0.5, 0.6) is 5.75 Å². The lowest BCUT2D eigenvalue weighted by atomic mass is 9.87. The van der Waals surface area contributed by atoms with Gasteiger partial charge in [-0.3, -0.25) is 18.9 Å². The Hall–Kier alpha value is -3.39. The Kier molecular flexibility index (Phi) is 10.1. The highest BCUT2D eigenvalue weighted by molar-refractivity contribution is 6.39. The fraction of sp³-hybridized carbons (Fsp3) is 0.353. The molecule has 0 radical (unpaired) electrons. The van der Waals surface area contributed by atoms with E-state index in [1.54, 1.807) is 6.07 Å². The highest BCUT2D eigenvalue weighted by Crippen LogP contribution is 2.43. The number of anilines is 1. The summed E-state index contributed by atoms with van der Waals surface area (Å²) in [6, 6.07) is 19.6. The molecule has 2 N–H and O–H groups in total. The van der Waals surface area contributed by atoms with Gasteiger partial charge in [0.05, 0.1) is 6.67 Å². The van der Waals surface area contributed by atoms with E-state index in [1.807, 2.05) is 49.4 Å². The van der Waals surface area contributed by atoms with Crippen LogP contribution in [-0.2, 0) is 16.0 Å². The van der Waals surface area contributed by atoms with Gasteiger partial charge in [0.15, 0.2) is 0 Å². The van der Waals surface area contributed by atoms with Gasteiger partial charge in [-0.15, -0.1) is 0 Å². The minimum Gasteiger partial charge on any atom is -0.489 e. The van der Waals surface area contributed by atoms with Crippen LogP contribution in [0.2, 0.25) is 10.0 Å². The average molecular weight is 625 g/mol.